The van der Waals surface area contributed by atoms with Gasteiger partial charge in [-0.05, 0) is 24.3 Å². The first-order valence-electron chi connectivity index (χ1n) is 6.86. The van der Waals surface area contributed by atoms with Crippen LogP contribution in [0, 0.1) is 0 Å². The molecule has 0 saturated carbocycles. The Kier molecular flexibility index (Phi) is 4.47. The lowest BCUT2D eigenvalue weighted by Gasteiger charge is -2.16. The molecule has 2 aliphatic heterocycles. The molecule has 0 unspecified atom stereocenters. The topological polar surface area (TPSA) is 76.7 Å². The number of rotatable bonds is 0. The van der Waals surface area contributed by atoms with Crippen LogP contribution >= 0.6 is 15.9 Å². The third-order valence-corrected chi connectivity index (χ3v) is 3.77. The van der Waals surface area contributed by atoms with Gasteiger partial charge in [0.05, 0.1) is 11.4 Å². The van der Waals surface area contributed by atoms with Crippen molar-refractivity contribution >= 4 is 39.5 Å². The molecule has 2 aromatic carbocycles. The molecule has 2 N–H and O–H groups in total. The number of anilines is 2. The van der Waals surface area contributed by atoms with Crippen molar-refractivity contribution in [2.45, 2.75) is 13.2 Å². The lowest BCUT2D eigenvalue weighted by molar-refractivity contribution is 0.150. The van der Waals surface area contributed by atoms with E-state index in [4.69, 9.17) is 9.47 Å². The predicted molar refractivity (Wildman–Crippen MR) is 88.2 cm³/mol. The molecule has 0 atom stereocenters. The molecule has 0 aliphatic carbocycles. The Balaban J connectivity index is 0.000000136. The Morgan fingerprint density at radius 3 is 2.17 bits per heavy atom. The minimum absolute atomic E-state index is 0.348. The Morgan fingerprint density at radius 2 is 1.43 bits per heavy atom. The molecular weight excluding hydrogens is 364 g/mol. The number of nitrogens with one attached hydrogen (secondary N) is 2. The molecule has 0 radical (unpaired) electrons. The molecule has 7 heteroatoms. The zero-order chi connectivity index (χ0) is 16.2. The van der Waals surface area contributed by atoms with Crippen LogP contribution in [0.25, 0.3) is 0 Å². The van der Waals surface area contributed by atoms with Crippen LogP contribution in [0.3, 0.4) is 0 Å². The summed E-state index contributed by atoms with van der Waals surface area (Å²) >= 11 is 3.34. The summed E-state index contributed by atoms with van der Waals surface area (Å²) in [5, 5.41) is 5.20. The normalized spacial score (nSPS) is 14.7. The second-order valence-corrected chi connectivity index (χ2v) is 5.78. The molecule has 0 fully saturated rings. The number of cyclic esters (lactones) is 2. The van der Waals surface area contributed by atoms with Crippen LogP contribution < -0.4 is 10.6 Å². The smallest absolute Gasteiger partial charge is 0.411 e. The highest BCUT2D eigenvalue weighted by molar-refractivity contribution is 9.10. The summed E-state index contributed by atoms with van der Waals surface area (Å²) in [6, 6.07) is 13.2. The Morgan fingerprint density at radius 1 is 0.826 bits per heavy atom. The summed E-state index contributed by atoms with van der Waals surface area (Å²) in [5.41, 5.74) is 3.69. The fourth-order valence-corrected chi connectivity index (χ4v) is 2.56. The lowest BCUT2D eigenvalue weighted by Crippen LogP contribution is -2.19. The van der Waals surface area contributed by atoms with E-state index < -0.39 is 0 Å². The van der Waals surface area contributed by atoms with Crippen molar-refractivity contribution in [2.24, 2.45) is 0 Å². The fraction of sp³-hybridized carbons (Fsp3) is 0.125. The summed E-state index contributed by atoms with van der Waals surface area (Å²) < 4.78 is 10.5. The number of halogens is 1. The summed E-state index contributed by atoms with van der Waals surface area (Å²) in [6.45, 7) is 0.725. The number of carbonyl (C=O) groups is 2. The van der Waals surface area contributed by atoms with Crippen molar-refractivity contribution in [1.82, 2.24) is 0 Å². The molecule has 2 heterocycles. The van der Waals surface area contributed by atoms with Crippen LogP contribution in [0.1, 0.15) is 11.1 Å². The second-order valence-electron chi connectivity index (χ2n) is 4.86. The summed E-state index contributed by atoms with van der Waals surface area (Å²) in [7, 11) is 0. The van der Waals surface area contributed by atoms with E-state index in [0.717, 1.165) is 27.0 Å². The van der Waals surface area contributed by atoms with Crippen LogP contribution in [0.2, 0.25) is 0 Å². The van der Waals surface area contributed by atoms with Gasteiger partial charge in [0.25, 0.3) is 0 Å². The molecule has 23 heavy (non-hydrogen) atoms. The highest BCUT2D eigenvalue weighted by Gasteiger charge is 2.15. The standard InChI is InChI=1S/C8H6BrNO2.C8H7NO2/c9-6-1-2-7-5(3-6)4-12-8(11)10-7;10-8-9-7-4-2-1-3-6(7)5-11-8/h1-3H,4H2,(H,10,11);1-4H,5H2,(H,9,10). The maximum atomic E-state index is 10.8. The molecule has 6 nitrogen and oxygen atoms in total. The summed E-state index contributed by atoms with van der Waals surface area (Å²) in [5.74, 6) is 0. The zero-order valence-electron chi connectivity index (χ0n) is 12.0. The molecular formula is C16H13BrN2O4. The average molecular weight is 377 g/mol. The van der Waals surface area contributed by atoms with Gasteiger partial charge in [-0.25, -0.2) is 9.59 Å². The number of hydrogen-bond donors (Lipinski definition) is 2. The minimum Gasteiger partial charge on any atom is -0.444 e. The molecule has 118 valence electrons. The lowest BCUT2D eigenvalue weighted by atomic mass is 10.2. The van der Waals surface area contributed by atoms with Gasteiger partial charge in [-0.15, -0.1) is 0 Å². The summed E-state index contributed by atoms with van der Waals surface area (Å²) in [4.78, 5) is 21.5. The molecule has 0 aromatic heterocycles. The zero-order valence-corrected chi connectivity index (χ0v) is 13.6. The maximum Gasteiger partial charge on any atom is 0.411 e. The van der Waals surface area contributed by atoms with Crippen molar-refractivity contribution in [3.05, 3.63) is 58.1 Å². The number of benzene rings is 2. The van der Waals surface area contributed by atoms with E-state index in [-0.39, 0.29) is 12.2 Å². The van der Waals surface area contributed by atoms with Gasteiger partial charge in [0.15, 0.2) is 0 Å². The third-order valence-electron chi connectivity index (χ3n) is 3.28. The van der Waals surface area contributed by atoms with E-state index in [1.165, 1.54) is 0 Å². The van der Waals surface area contributed by atoms with E-state index in [9.17, 15) is 9.59 Å². The van der Waals surface area contributed by atoms with E-state index in [1.54, 1.807) is 0 Å². The number of para-hydroxylation sites is 1. The fourth-order valence-electron chi connectivity index (χ4n) is 2.15. The second kappa shape index (κ2) is 6.70. The van der Waals surface area contributed by atoms with E-state index in [2.05, 4.69) is 26.6 Å². The molecule has 4 rings (SSSR count). The first-order chi connectivity index (χ1) is 11.1. The Labute approximate surface area is 140 Å². The van der Waals surface area contributed by atoms with E-state index >= 15 is 0 Å². The predicted octanol–water partition coefficient (Wildman–Crippen LogP) is 4.26. The van der Waals surface area contributed by atoms with Crippen molar-refractivity contribution in [2.75, 3.05) is 10.6 Å². The van der Waals surface area contributed by atoms with Crippen LogP contribution in [-0.2, 0) is 22.7 Å². The van der Waals surface area contributed by atoms with Crippen molar-refractivity contribution < 1.29 is 19.1 Å². The van der Waals surface area contributed by atoms with Crippen LogP contribution in [0.5, 0.6) is 0 Å². The van der Waals surface area contributed by atoms with Crippen LogP contribution in [0.15, 0.2) is 46.9 Å². The highest BCUT2D eigenvalue weighted by Crippen LogP contribution is 2.24. The number of amides is 2. The van der Waals surface area contributed by atoms with E-state index in [0.29, 0.717) is 13.2 Å². The number of ether oxygens (including phenoxy) is 2. The molecule has 2 aliphatic rings. The van der Waals surface area contributed by atoms with Gasteiger partial charge >= 0.3 is 12.2 Å². The van der Waals surface area contributed by atoms with Gasteiger partial charge in [-0.1, -0.05) is 34.1 Å². The first kappa shape index (κ1) is 15.4. The SMILES string of the molecule is O=C1Nc2ccc(Br)cc2CO1.O=C1Nc2ccccc2CO1. The van der Waals surface area contributed by atoms with Crippen molar-refractivity contribution in [3.8, 4) is 0 Å². The Hall–Kier alpha value is -2.54. The summed E-state index contributed by atoms with van der Waals surface area (Å²) in [6.07, 6.45) is -0.756. The number of carbonyl (C=O) groups excluding carboxylic acids is 2. The molecule has 0 bridgehead atoms. The van der Waals surface area contributed by atoms with Gasteiger partial charge in [0.1, 0.15) is 13.2 Å². The van der Waals surface area contributed by atoms with Crippen LogP contribution in [-0.4, -0.2) is 12.2 Å². The van der Waals surface area contributed by atoms with Crippen LogP contribution in [0.4, 0.5) is 21.0 Å². The first-order valence-corrected chi connectivity index (χ1v) is 7.65. The van der Waals surface area contributed by atoms with Gasteiger partial charge < -0.3 is 9.47 Å². The maximum absolute atomic E-state index is 10.8. The quantitative estimate of drug-likeness (QED) is 0.719. The van der Waals surface area contributed by atoms with Gasteiger partial charge in [0, 0.05) is 15.6 Å². The minimum atomic E-state index is -0.384. The largest absolute Gasteiger partial charge is 0.444 e. The monoisotopic (exact) mass is 376 g/mol. The molecule has 0 saturated heterocycles. The number of hydrogen-bond acceptors (Lipinski definition) is 4. The van der Waals surface area contributed by atoms with Gasteiger partial charge in [-0.2, -0.15) is 0 Å². The Bertz CT molecular complexity index is 763. The molecule has 0 spiro atoms. The third kappa shape index (κ3) is 3.81. The highest BCUT2D eigenvalue weighted by atomic mass is 79.9. The average Bonchev–Trinajstić information content (AvgIpc) is 2.55. The molecule has 2 aromatic rings. The van der Waals surface area contributed by atoms with Crippen molar-refractivity contribution in [1.29, 1.82) is 0 Å². The van der Waals surface area contributed by atoms with E-state index in [1.807, 2.05) is 42.5 Å². The van der Waals surface area contributed by atoms with Gasteiger partial charge in [-0.3, -0.25) is 10.6 Å². The van der Waals surface area contributed by atoms with Crippen molar-refractivity contribution in [3.63, 3.8) is 0 Å². The van der Waals surface area contributed by atoms with Gasteiger partial charge in [0.2, 0.25) is 0 Å². The number of fused-ring (bicyclic) bond motifs is 2. The molecule has 2 amide bonds.